The van der Waals surface area contributed by atoms with E-state index < -0.39 is 0 Å². The highest BCUT2D eigenvalue weighted by Crippen LogP contribution is 2.16. The summed E-state index contributed by atoms with van der Waals surface area (Å²) in [5.41, 5.74) is 1.25. The second-order valence-corrected chi connectivity index (χ2v) is 9.05. The highest BCUT2D eigenvalue weighted by Gasteiger charge is 2.10. The molecule has 0 bridgehead atoms. The quantitative estimate of drug-likeness (QED) is 0.232. The second kappa shape index (κ2) is 12.8. The Morgan fingerprint density at radius 2 is 1.91 bits per heavy atom. The molecule has 0 saturated heterocycles. The second-order valence-electron chi connectivity index (χ2n) is 7.67. The van der Waals surface area contributed by atoms with Crippen LogP contribution >= 0.6 is 35.3 Å². The van der Waals surface area contributed by atoms with Gasteiger partial charge in [-0.05, 0) is 57.0 Å². The summed E-state index contributed by atoms with van der Waals surface area (Å²) in [7, 11) is 3.65. The van der Waals surface area contributed by atoms with E-state index in [0.29, 0.717) is 6.54 Å². The summed E-state index contributed by atoms with van der Waals surface area (Å²) in [6.45, 7) is 7.52. The van der Waals surface area contributed by atoms with Crippen LogP contribution in [0.2, 0.25) is 0 Å². The van der Waals surface area contributed by atoms with Gasteiger partial charge < -0.3 is 19.9 Å². The number of aryl methyl sites for hydroxylation is 2. The lowest BCUT2D eigenvalue weighted by Crippen LogP contribution is -2.43. The van der Waals surface area contributed by atoms with Crippen LogP contribution in [-0.4, -0.2) is 40.4 Å². The molecule has 174 valence electrons. The molecule has 3 aromatic rings. The fourth-order valence-corrected chi connectivity index (χ4v) is 4.21. The van der Waals surface area contributed by atoms with E-state index in [0.717, 1.165) is 42.7 Å². The number of methoxy groups -OCH3 is 1. The van der Waals surface area contributed by atoms with Crippen LogP contribution in [0.1, 0.15) is 33.9 Å². The molecule has 0 fully saturated rings. The largest absolute Gasteiger partial charge is 0.497 e. The molecule has 7 nitrogen and oxygen atoms in total. The summed E-state index contributed by atoms with van der Waals surface area (Å²) in [5, 5.41) is 15.4. The minimum atomic E-state index is 0. The average molecular weight is 569 g/mol. The van der Waals surface area contributed by atoms with Crippen molar-refractivity contribution in [2.75, 3.05) is 13.7 Å². The molecule has 2 N–H and O–H groups in total. The summed E-state index contributed by atoms with van der Waals surface area (Å²) in [6, 6.07) is 12.8. The minimum absolute atomic E-state index is 0. The van der Waals surface area contributed by atoms with E-state index >= 15 is 0 Å². The summed E-state index contributed by atoms with van der Waals surface area (Å²) < 4.78 is 7.20. The Morgan fingerprint density at radius 1 is 1.16 bits per heavy atom. The number of aromatic nitrogens is 3. The summed E-state index contributed by atoms with van der Waals surface area (Å²) in [4.78, 5) is 7.48. The van der Waals surface area contributed by atoms with Gasteiger partial charge in [-0.2, -0.15) is 0 Å². The molecule has 0 amide bonds. The van der Waals surface area contributed by atoms with Gasteiger partial charge in [0.25, 0.3) is 0 Å². The van der Waals surface area contributed by atoms with Crippen molar-refractivity contribution in [1.29, 1.82) is 0 Å². The molecule has 32 heavy (non-hydrogen) atoms. The number of hydrogen-bond donors (Lipinski definition) is 2. The van der Waals surface area contributed by atoms with Crippen molar-refractivity contribution >= 4 is 41.3 Å². The maximum Gasteiger partial charge on any atom is 0.191 e. The van der Waals surface area contributed by atoms with Gasteiger partial charge >= 0.3 is 0 Å². The molecular formula is C23H33IN6OS. The Hall–Kier alpha value is -2.14. The molecule has 1 atom stereocenters. The number of guanidine groups is 1. The lowest BCUT2D eigenvalue weighted by atomic mass is 10.1. The zero-order valence-electron chi connectivity index (χ0n) is 19.4. The van der Waals surface area contributed by atoms with Gasteiger partial charge in [0.2, 0.25) is 0 Å². The third kappa shape index (κ3) is 7.77. The van der Waals surface area contributed by atoms with Crippen LogP contribution < -0.4 is 15.4 Å². The first-order valence-corrected chi connectivity index (χ1v) is 11.3. The van der Waals surface area contributed by atoms with Crippen LogP contribution in [0.25, 0.3) is 0 Å². The number of thiophene rings is 1. The van der Waals surface area contributed by atoms with Crippen LogP contribution in [0.4, 0.5) is 0 Å². The Bertz CT molecular complexity index is 998. The Labute approximate surface area is 211 Å². The Morgan fingerprint density at radius 3 is 2.50 bits per heavy atom. The SMILES string of the molecule is COc1ccc(CCNC(=NCc2nnc(C)n2C)NC(C)Cc2ccc(C)s2)cc1.I. The Balaban J connectivity index is 0.00000363. The van der Waals surface area contributed by atoms with Gasteiger partial charge in [-0.1, -0.05) is 12.1 Å². The van der Waals surface area contributed by atoms with Gasteiger partial charge in [0.05, 0.1) is 7.11 Å². The summed E-state index contributed by atoms with van der Waals surface area (Å²) >= 11 is 1.84. The zero-order valence-corrected chi connectivity index (χ0v) is 22.5. The third-order valence-corrected chi connectivity index (χ3v) is 6.14. The third-order valence-electron chi connectivity index (χ3n) is 5.11. The van der Waals surface area contributed by atoms with Gasteiger partial charge in [0, 0.05) is 35.8 Å². The number of rotatable bonds is 9. The van der Waals surface area contributed by atoms with E-state index in [1.165, 1.54) is 15.3 Å². The molecule has 0 radical (unpaired) electrons. The molecule has 0 aliphatic heterocycles. The first-order valence-electron chi connectivity index (χ1n) is 10.5. The van der Waals surface area contributed by atoms with Crippen molar-refractivity contribution in [3.05, 3.63) is 63.4 Å². The predicted octanol–water partition coefficient (Wildman–Crippen LogP) is 4.03. The van der Waals surface area contributed by atoms with Crippen molar-refractivity contribution in [1.82, 2.24) is 25.4 Å². The fraction of sp³-hybridized carbons (Fsp3) is 0.435. The summed E-state index contributed by atoms with van der Waals surface area (Å²) in [6.07, 6.45) is 1.85. The van der Waals surface area contributed by atoms with Gasteiger partial charge in [-0.25, -0.2) is 4.99 Å². The first-order chi connectivity index (χ1) is 14.9. The lowest BCUT2D eigenvalue weighted by molar-refractivity contribution is 0.414. The lowest BCUT2D eigenvalue weighted by Gasteiger charge is -2.18. The van der Waals surface area contributed by atoms with E-state index in [-0.39, 0.29) is 30.0 Å². The van der Waals surface area contributed by atoms with Crippen molar-refractivity contribution < 1.29 is 4.74 Å². The number of benzene rings is 1. The zero-order chi connectivity index (χ0) is 22.2. The van der Waals surface area contributed by atoms with E-state index in [4.69, 9.17) is 9.73 Å². The van der Waals surface area contributed by atoms with E-state index in [1.807, 2.05) is 42.0 Å². The van der Waals surface area contributed by atoms with Gasteiger partial charge in [-0.3, -0.25) is 0 Å². The number of aliphatic imine (C=N–C) groups is 1. The molecule has 3 rings (SSSR count). The van der Waals surface area contributed by atoms with E-state index in [1.54, 1.807) is 7.11 Å². The standard InChI is InChI=1S/C23H32N6OS.HI/c1-16(14-21-11-6-17(2)31-21)26-23(25-15-22-28-27-18(3)29(22)4)24-13-12-19-7-9-20(30-5)10-8-19;/h6-11,16H,12-15H2,1-5H3,(H2,24,25,26);1H. The Kier molecular flexibility index (Phi) is 10.4. The molecule has 0 spiro atoms. The first kappa shape index (κ1) is 26.1. The van der Waals surface area contributed by atoms with Gasteiger partial charge in [0.1, 0.15) is 18.1 Å². The number of nitrogens with one attached hydrogen (secondary N) is 2. The maximum atomic E-state index is 5.23. The molecule has 2 aromatic heterocycles. The van der Waals surface area contributed by atoms with E-state index in [9.17, 15) is 0 Å². The molecule has 1 unspecified atom stereocenters. The van der Waals surface area contributed by atoms with Crippen molar-refractivity contribution in [2.45, 2.75) is 46.2 Å². The molecule has 9 heteroatoms. The molecule has 2 heterocycles. The molecular weight excluding hydrogens is 535 g/mol. The molecule has 1 aromatic carbocycles. The van der Waals surface area contributed by atoms with Crippen molar-refractivity contribution in [2.24, 2.45) is 12.0 Å². The smallest absolute Gasteiger partial charge is 0.191 e. The fourth-order valence-electron chi connectivity index (χ4n) is 3.19. The van der Waals surface area contributed by atoms with Crippen LogP contribution in [0.5, 0.6) is 5.75 Å². The highest BCUT2D eigenvalue weighted by molar-refractivity contribution is 14.0. The van der Waals surface area contributed by atoms with Crippen LogP contribution in [0.15, 0.2) is 41.4 Å². The van der Waals surface area contributed by atoms with E-state index in [2.05, 4.69) is 58.9 Å². The monoisotopic (exact) mass is 568 g/mol. The minimum Gasteiger partial charge on any atom is -0.497 e. The topological polar surface area (TPSA) is 76.4 Å². The van der Waals surface area contributed by atoms with Crippen molar-refractivity contribution in [3.8, 4) is 5.75 Å². The highest BCUT2D eigenvalue weighted by atomic mass is 127. The average Bonchev–Trinajstić information content (AvgIpc) is 3.31. The van der Waals surface area contributed by atoms with Crippen LogP contribution in [0.3, 0.4) is 0 Å². The maximum absolute atomic E-state index is 5.23. The van der Waals surface area contributed by atoms with Crippen molar-refractivity contribution in [3.63, 3.8) is 0 Å². The normalized spacial score (nSPS) is 12.2. The number of ether oxygens (including phenoxy) is 1. The number of nitrogens with zero attached hydrogens (tertiary/aromatic N) is 4. The molecule has 0 aliphatic carbocycles. The number of halogens is 1. The van der Waals surface area contributed by atoms with Crippen LogP contribution in [0, 0.1) is 13.8 Å². The van der Waals surface area contributed by atoms with Crippen LogP contribution in [-0.2, 0) is 26.4 Å². The number of hydrogen-bond acceptors (Lipinski definition) is 5. The molecule has 0 aliphatic rings. The van der Waals surface area contributed by atoms with Gasteiger partial charge in [-0.15, -0.1) is 45.5 Å². The molecule has 0 saturated carbocycles. The predicted molar refractivity (Wildman–Crippen MR) is 142 cm³/mol. The summed E-state index contributed by atoms with van der Waals surface area (Å²) in [5.74, 6) is 3.39. The van der Waals surface area contributed by atoms with Gasteiger partial charge in [0.15, 0.2) is 11.8 Å².